The zero-order valence-corrected chi connectivity index (χ0v) is 11.9. The predicted octanol–water partition coefficient (Wildman–Crippen LogP) is 2.56. The van der Waals surface area contributed by atoms with Gasteiger partial charge in [-0.15, -0.1) is 0 Å². The first-order chi connectivity index (χ1) is 8.63. The highest BCUT2D eigenvalue weighted by atomic mass is 15.2. The van der Waals surface area contributed by atoms with Crippen LogP contribution >= 0.6 is 0 Å². The summed E-state index contributed by atoms with van der Waals surface area (Å²) < 4.78 is 0. The molecule has 4 heteroatoms. The van der Waals surface area contributed by atoms with Gasteiger partial charge in [0.25, 0.3) is 0 Å². The second kappa shape index (κ2) is 5.55. The molecular weight excluding hydrogens is 224 g/mol. The number of hydrogen-bond donors (Lipinski definition) is 1. The van der Waals surface area contributed by atoms with E-state index in [0.717, 1.165) is 55.2 Å². The van der Waals surface area contributed by atoms with Gasteiger partial charge in [-0.2, -0.15) is 0 Å². The van der Waals surface area contributed by atoms with Gasteiger partial charge in [-0.1, -0.05) is 20.8 Å². The van der Waals surface area contributed by atoms with Crippen molar-refractivity contribution in [1.82, 2.24) is 9.97 Å². The van der Waals surface area contributed by atoms with E-state index < -0.39 is 0 Å². The molecule has 1 saturated heterocycles. The van der Waals surface area contributed by atoms with Crippen LogP contribution in [0.25, 0.3) is 0 Å². The van der Waals surface area contributed by atoms with E-state index in [0.29, 0.717) is 0 Å². The van der Waals surface area contributed by atoms with Crippen LogP contribution in [0.3, 0.4) is 0 Å². The van der Waals surface area contributed by atoms with Gasteiger partial charge in [0.15, 0.2) is 0 Å². The summed E-state index contributed by atoms with van der Waals surface area (Å²) in [5.41, 5.74) is 0. The normalized spacial score (nSPS) is 23.4. The van der Waals surface area contributed by atoms with E-state index >= 15 is 0 Å². The van der Waals surface area contributed by atoms with Gasteiger partial charge in [-0.3, -0.25) is 0 Å². The number of anilines is 2. The fourth-order valence-electron chi connectivity index (χ4n) is 2.43. The van der Waals surface area contributed by atoms with Crippen molar-refractivity contribution in [1.29, 1.82) is 0 Å². The van der Waals surface area contributed by atoms with Crippen molar-refractivity contribution in [3.05, 3.63) is 11.9 Å². The highest BCUT2D eigenvalue weighted by molar-refractivity contribution is 5.50. The maximum Gasteiger partial charge on any atom is 0.134 e. The van der Waals surface area contributed by atoms with Crippen LogP contribution in [0.4, 0.5) is 11.6 Å². The lowest BCUT2D eigenvalue weighted by Gasteiger charge is -2.18. The van der Waals surface area contributed by atoms with Crippen molar-refractivity contribution in [3.63, 3.8) is 0 Å². The summed E-state index contributed by atoms with van der Waals surface area (Å²) in [6.07, 6.45) is 2.03. The molecule has 0 spiro atoms. The molecule has 18 heavy (non-hydrogen) atoms. The fourth-order valence-corrected chi connectivity index (χ4v) is 2.43. The molecule has 0 radical (unpaired) electrons. The lowest BCUT2D eigenvalue weighted by Crippen LogP contribution is -2.22. The van der Waals surface area contributed by atoms with Crippen molar-refractivity contribution in [2.75, 3.05) is 30.4 Å². The molecular formula is C14H24N4. The molecule has 1 aliphatic rings. The van der Waals surface area contributed by atoms with Crippen molar-refractivity contribution in [2.24, 2.45) is 11.8 Å². The Morgan fingerprint density at radius 1 is 1.28 bits per heavy atom. The third kappa shape index (κ3) is 2.74. The van der Waals surface area contributed by atoms with E-state index in [1.807, 2.05) is 7.05 Å². The van der Waals surface area contributed by atoms with E-state index in [2.05, 4.69) is 42.0 Å². The molecule has 1 fully saturated rings. The summed E-state index contributed by atoms with van der Waals surface area (Å²) >= 11 is 0. The van der Waals surface area contributed by atoms with Gasteiger partial charge in [0.2, 0.25) is 0 Å². The molecule has 0 saturated carbocycles. The van der Waals surface area contributed by atoms with Gasteiger partial charge in [-0.05, 0) is 18.3 Å². The topological polar surface area (TPSA) is 41.1 Å². The first-order valence-corrected chi connectivity index (χ1v) is 6.94. The molecule has 1 aromatic rings. The van der Waals surface area contributed by atoms with Crippen LogP contribution in [0.15, 0.2) is 6.07 Å². The first-order valence-electron chi connectivity index (χ1n) is 6.94. The Kier molecular flexibility index (Phi) is 4.04. The predicted molar refractivity (Wildman–Crippen MR) is 76.1 cm³/mol. The largest absolute Gasteiger partial charge is 0.373 e. The maximum absolute atomic E-state index is 4.70. The number of aromatic nitrogens is 2. The molecule has 2 unspecified atom stereocenters. The van der Waals surface area contributed by atoms with Crippen molar-refractivity contribution in [3.8, 4) is 0 Å². The van der Waals surface area contributed by atoms with Crippen molar-refractivity contribution >= 4 is 11.6 Å². The Morgan fingerprint density at radius 3 is 2.50 bits per heavy atom. The van der Waals surface area contributed by atoms with Gasteiger partial charge in [-0.25, -0.2) is 9.97 Å². The van der Waals surface area contributed by atoms with Crippen LogP contribution in [-0.2, 0) is 6.42 Å². The molecule has 1 N–H and O–H groups in total. The number of rotatable bonds is 4. The quantitative estimate of drug-likeness (QED) is 0.889. The zero-order chi connectivity index (χ0) is 13.1. The van der Waals surface area contributed by atoms with E-state index in [4.69, 9.17) is 4.98 Å². The van der Waals surface area contributed by atoms with Crippen LogP contribution in [0.5, 0.6) is 0 Å². The smallest absolute Gasteiger partial charge is 0.134 e. The Balaban J connectivity index is 2.24. The fraction of sp³-hybridized carbons (Fsp3) is 0.714. The average molecular weight is 248 g/mol. The summed E-state index contributed by atoms with van der Waals surface area (Å²) in [5.74, 6) is 4.44. The van der Waals surface area contributed by atoms with Crippen molar-refractivity contribution < 1.29 is 0 Å². The zero-order valence-electron chi connectivity index (χ0n) is 11.9. The Bertz CT molecular complexity index is 395. The summed E-state index contributed by atoms with van der Waals surface area (Å²) in [6, 6.07) is 2.06. The summed E-state index contributed by atoms with van der Waals surface area (Å²) in [6.45, 7) is 9.00. The Labute approximate surface area is 110 Å². The van der Waals surface area contributed by atoms with Gasteiger partial charge in [0, 0.05) is 32.6 Å². The molecule has 2 rings (SSSR count). The molecule has 2 heterocycles. The van der Waals surface area contributed by atoms with Gasteiger partial charge >= 0.3 is 0 Å². The van der Waals surface area contributed by atoms with Crippen LogP contribution in [0.1, 0.15) is 33.0 Å². The van der Waals surface area contributed by atoms with Crippen molar-refractivity contribution in [2.45, 2.75) is 33.6 Å². The third-order valence-corrected chi connectivity index (χ3v) is 3.80. The van der Waals surface area contributed by atoms with E-state index in [1.54, 1.807) is 0 Å². The summed E-state index contributed by atoms with van der Waals surface area (Å²) in [5, 5.41) is 3.13. The molecule has 0 amide bonds. The number of hydrogen-bond acceptors (Lipinski definition) is 4. The summed E-state index contributed by atoms with van der Waals surface area (Å²) in [7, 11) is 1.91. The second-order valence-corrected chi connectivity index (χ2v) is 5.39. The molecule has 0 bridgehead atoms. The molecule has 100 valence electrons. The van der Waals surface area contributed by atoms with Gasteiger partial charge in [0.05, 0.1) is 0 Å². The number of nitrogens with one attached hydrogen (secondary N) is 1. The molecule has 1 aliphatic heterocycles. The standard InChI is InChI=1S/C14H24N4/c1-5-6-12-16-13(15-4)7-14(17-12)18-8-10(2)11(3)9-18/h7,10-11H,5-6,8-9H2,1-4H3,(H,15,16,17). The van der Waals surface area contributed by atoms with Gasteiger partial charge in [0.1, 0.15) is 17.5 Å². The highest BCUT2D eigenvalue weighted by Crippen LogP contribution is 2.27. The highest BCUT2D eigenvalue weighted by Gasteiger charge is 2.27. The molecule has 4 nitrogen and oxygen atoms in total. The monoisotopic (exact) mass is 248 g/mol. The Morgan fingerprint density at radius 2 is 1.94 bits per heavy atom. The van der Waals surface area contributed by atoms with E-state index in [9.17, 15) is 0 Å². The second-order valence-electron chi connectivity index (χ2n) is 5.39. The lowest BCUT2D eigenvalue weighted by molar-refractivity contribution is 0.494. The third-order valence-electron chi connectivity index (χ3n) is 3.80. The van der Waals surface area contributed by atoms with E-state index in [1.165, 1.54) is 0 Å². The van der Waals surface area contributed by atoms with Crippen LogP contribution in [-0.4, -0.2) is 30.1 Å². The minimum Gasteiger partial charge on any atom is -0.373 e. The number of aryl methyl sites for hydroxylation is 1. The van der Waals surface area contributed by atoms with Gasteiger partial charge < -0.3 is 10.2 Å². The maximum atomic E-state index is 4.70. The molecule has 0 aromatic carbocycles. The minimum atomic E-state index is 0.743. The summed E-state index contributed by atoms with van der Waals surface area (Å²) in [4.78, 5) is 11.6. The number of nitrogens with zero attached hydrogens (tertiary/aromatic N) is 3. The van der Waals surface area contributed by atoms with Crippen LogP contribution in [0.2, 0.25) is 0 Å². The SMILES string of the molecule is CCCc1nc(NC)cc(N2CC(C)C(C)C2)n1. The molecule has 1 aromatic heterocycles. The average Bonchev–Trinajstić information content (AvgIpc) is 2.70. The Hall–Kier alpha value is -1.32. The minimum absolute atomic E-state index is 0.743. The molecule has 2 atom stereocenters. The first kappa shape index (κ1) is 13.1. The van der Waals surface area contributed by atoms with Crippen LogP contribution < -0.4 is 10.2 Å². The molecule has 0 aliphatic carbocycles. The van der Waals surface area contributed by atoms with Crippen LogP contribution in [0, 0.1) is 11.8 Å². The van der Waals surface area contributed by atoms with E-state index in [-0.39, 0.29) is 0 Å². The lowest BCUT2D eigenvalue weighted by atomic mass is 10.0.